The third kappa shape index (κ3) is 5.38. The van der Waals surface area contributed by atoms with Crippen molar-refractivity contribution in [2.24, 2.45) is 5.41 Å². The second kappa shape index (κ2) is 10.1. The lowest BCUT2D eigenvalue weighted by Gasteiger charge is -2.39. The average Bonchev–Trinajstić information content (AvgIpc) is 3.23. The number of nitrogens with zero attached hydrogens (tertiary/aromatic N) is 2. The molecule has 0 aromatic heterocycles. The Balaban J connectivity index is 1.27. The van der Waals surface area contributed by atoms with Crippen LogP contribution in [0.25, 0.3) is 0 Å². The summed E-state index contributed by atoms with van der Waals surface area (Å²) in [6.07, 6.45) is 5.73. The molecule has 0 unspecified atom stereocenters. The molecule has 2 saturated heterocycles. The number of ether oxygens (including phenoxy) is 1. The minimum absolute atomic E-state index is 0.203. The Morgan fingerprint density at radius 1 is 1.09 bits per heavy atom. The number of carbonyl (C=O) groups is 1. The number of carbonyl (C=O) groups excluding carboxylic acids is 1. The molecule has 2 fully saturated rings. The van der Waals surface area contributed by atoms with Gasteiger partial charge in [-0.2, -0.15) is 0 Å². The molecule has 1 amide bonds. The van der Waals surface area contributed by atoms with Gasteiger partial charge < -0.3 is 19.9 Å². The normalized spacial score (nSPS) is 17.4. The number of piperidine rings is 1. The molecule has 5 nitrogen and oxygen atoms in total. The lowest BCUT2D eigenvalue weighted by Crippen LogP contribution is -2.45. The Kier molecular flexibility index (Phi) is 7.26. The number of anilines is 1. The van der Waals surface area contributed by atoms with E-state index < -0.39 is 0 Å². The average molecular weight is 470 g/mol. The van der Waals surface area contributed by atoms with Crippen molar-refractivity contribution >= 4 is 40.7 Å². The number of thiocarbonyl (C=S) groups is 1. The molecule has 2 aliphatic rings. The van der Waals surface area contributed by atoms with E-state index in [2.05, 4.69) is 40.7 Å². The number of hydrogen-bond donors (Lipinski definition) is 1. The van der Waals surface area contributed by atoms with Gasteiger partial charge in [-0.1, -0.05) is 12.1 Å². The van der Waals surface area contributed by atoms with Crippen LogP contribution in [0.5, 0.6) is 5.75 Å². The van der Waals surface area contributed by atoms with E-state index in [9.17, 15) is 4.79 Å². The van der Waals surface area contributed by atoms with E-state index in [0.717, 1.165) is 67.6 Å². The first-order valence-electron chi connectivity index (χ1n) is 11.1. The van der Waals surface area contributed by atoms with Gasteiger partial charge in [0.15, 0.2) is 5.11 Å². The van der Waals surface area contributed by atoms with Gasteiger partial charge in [-0.05, 0) is 85.1 Å². The smallest absolute Gasteiger partial charge is 0.226 e. The highest BCUT2D eigenvalue weighted by atomic mass is 32.2. The fraction of sp³-hybridized carbons (Fsp3) is 0.440. The predicted molar refractivity (Wildman–Crippen MR) is 136 cm³/mol. The molecule has 2 aromatic carbocycles. The molecule has 2 aliphatic heterocycles. The maximum atomic E-state index is 12.8. The third-order valence-electron chi connectivity index (χ3n) is 6.73. The van der Waals surface area contributed by atoms with Crippen molar-refractivity contribution in [2.45, 2.75) is 30.6 Å². The van der Waals surface area contributed by atoms with E-state index >= 15 is 0 Å². The summed E-state index contributed by atoms with van der Waals surface area (Å²) in [6.45, 7) is 3.60. The SMILES string of the molecule is COc1cccc(CC(=O)N2CCC3(CC2)CCN(C(=S)Nc2ccc(SC)cc2)C3)c1. The molecular formula is C25H31N3O2S2. The highest BCUT2D eigenvalue weighted by Crippen LogP contribution is 2.40. The van der Waals surface area contributed by atoms with Crippen molar-refractivity contribution < 1.29 is 9.53 Å². The standard InChI is InChI=1S/C25H31N3O2S2/c1-30-21-5-3-4-19(16-21)17-23(29)27-13-10-25(11-14-27)12-15-28(18-25)24(31)26-20-6-8-22(32-2)9-7-20/h3-9,16H,10-15,17-18H2,1-2H3,(H,26,31). The summed E-state index contributed by atoms with van der Waals surface area (Å²) in [4.78, 5) is 18.4. The number of methoxy groups -OCH3 is 1. The summed E-state index contributed by atoms with van der Waals surface area (Å²) in [5.41, 5.74) is 2.30. The molecule has 0 bridgehead atoms. The van der Waals surface area contributed by atoms with Gasteiger partial charge in [-0.3, -0.25) is 4.79 Å². The number of amides is 1. The number of benzene rings is 2. The van der Waals surface area contributed by atoms with Gasteiger partial charge in [0.1, 0.15) is 5.75 Å². The Morgan fingerprint density at radius 2 is 1.78 bits per heavy atom. The summed E-state index contributed by atoms with van der Waals surface area (Å²) < 4.78 is 5.28. The van der Waals surface area contributed by atoms with Crippen LogP contribution >= 0.6 is 24.0 Å². The molecule has 2 heterocycles. The van der Waals surface area contributed by atoms with Gasteiger partial charge in [0.25, 0.3) is 0 Å². The zero-order valence-electron chi connectivity index (χ0n) is 18.8. The first-order chi connectivity index (χ1) is 15.5. The molecule has 0 aliphatic carbocycles. The van der Waals surface area contributed by atoms with Crippen LogP contribution in [0, 0.1) is 5.41 Å². The molecule has 7 heteroatoms. The number of rotatable bonds is 5. The quantitative estimate of drug-likeness (QED) is 0.507. The highest BCUT2D eigenvalue weighted by Gasteiger charge is 2.42. The lowest BCUT2D eigenvalue weighted by atomic mass is 9.77. The molecular weight excluding hydrogens is 438 g/mol. The Bertz CT molecular complexity index is 956. The van der Waals surface area contributed by atoms with Crippen LogP contribution in [-0.2, 0) is 11.2 Å². The van der Waals surface area contributed by atoms with Crippen molar-refractivity contribution in [3.8, 4) is 5.75 Å². The molecule has 0 atom stereocenters. The van der Waals surface area contributed by atoms with Crippen LogP contribution in [0.4, 0.5) is 5.69 Å². The predicted octanol–water partition coefficient (Wildman–Crippen LogP) is 4.67. The lowest BCUT2D eigenvalue weighted by molar-refractivity contribution is -0.132. The largest absolute Gasteiger partial charge is 0.497 e. The molecule has 0 saturated carbocycles. The number of nitrogens with one attached hydrogen (secondary N) is 1. The molecule has 0 radical (unpaired) electrons. The zero-order valence-corrected chi connectivity index (χ0v) is 20.4. The van der Waals surface area contributed by atoms with E-state index in [1.54, 1.807) is 18.9 Å². The molecule has 2 aromatic rings. The van der Waals surface area contributed by atoms with Crippen LogP contribution in [0.2, 0.25) is 0 Å². The van der Waals surface area contributed by atoms with Crippen LogP contribution in [0.15, 0.2) is 53.4 Å². The fourth-order valence-corrected chi connectivity index (χ4v) is 5.37. The maximum Gasteiger partial charge on any atom is 0.226 e. The molecule has 170 valence electrons. The monoisotopic (exact) mass is 469 g/mol. The fourth-order valence-electron chi connectivity index (χ4n) is 4.69. The van der Waals surface area contributed by atoms with E-state index in [1.807, 2.05) is 29.2 Å². The summed E-state index contributed by atoms with van der Waals surface area (Å²) in [6, 6.07) is 16.2. The van der Waals surface area contributed by atoms with Gasteiger partial charge in [0.2, 0.25) is 5.91 Å². The second-order valence-electron chi connectivity index (χ2n) is 8.74. The van der Waals surface area contributed by atoms with Gasteiger partial charge >= 0.3 is 0 Å². The summed E-state index contributed by atoms with van der Waals surface area (Å²) in [5.74, 6) is 0.998. The van der Waals surface area contributed by atoms with Gasteiger partial charge in [0, 0.05) is 36.8 Å². The summed E-state index contributed by atoms with van der Waals surface area (Å²) >= 11 is 7.44. The van der Waals surface area contributed by atoms with Crippen LogP contribution in [0.1, 0.15) is 24.8 Å². The van der Waals surface area contributed by atoms with Crippen LogP contribution in [0.3, 0.4) is 0 Å². The van der Waals surface area contributed by atoms with E-state index in [0.29, 0.717) is 6.42 Å². The Labute approximate surface area is 200 Å². The van der Waals surface area contributed by atoms with Gasteiger partial charge in [-0.15, -0.1) is 11.8 Å². The first kappa shape index (κ1) is 22.9. The van der Waals surface area contributed by atoms with Crippen molar-refractivity contribution in [3.63, 3.8) is 0 Å². The maximum absolute atomic E-state index is 12.8. The summed E-state index contributed by atoms with van der Waals surface area (Å²) in [5, 5.41) is 4.20. The number of likely N-dealkylation sites (tertiary alicyclic amines) is 2. The molecule has 32 heavy (non-hydrogen) atoms. The van der Waals surface area contributed by atoms with Gasteiger partial charge in [-0.25, -0.2) is 0 Å². The number of hydrogen-bond acceptors (Lipinski definition) is 4. The van der Waals surface area contributed by atoms with Crippen LogP contribution in [-0.4, -0.2) is 60.4 Å². The van der Waals surface area contributed by atoms with E-state index in [4.69, 9.17) is 17.0 Å². The van der Waals surface area contributed by atoms with E-state index in [1.165, 1.54) is 4.90 Å². The number of thioether (sulfide) groups is 1. The minimum atomic E-state index is 0.203. The first-order valence-corrected chi connectivity index (χ1v) is 12.7. The van der Waals surface area contributed by atoms with E-state index in [-0.39, 0.29) is 11.3 Å². The second-order valence-corrected chi connectivity index (χ2v) is 10.0. The molecule has 1 N–H and O–H groups in total. The van der Waals surface area contributed by atoms with Crippen LogP contribution < -0.4 is 10.1 Å². The zero-order chi connectivity index (χ0) is 22.6. The van der Waals surface area contributed by atoms with Crippen molar-refractivity contribution in [1.82, 2.24) is 9.80 Å². The van der Waals surface area contributed by atoms with Gasteiger partial charge in [0.05, 0.1) is 13.5 Å². The minimum Gasteiger partial charge on any atom is -0.497 e. The van der Waals surface area contributed by atoms with Crippen molar-refractivity contribution in [3.05, 3.63) is 54.1 Å². The highest BCUT2D eigenvalue weighted by molar-refractivity contribution is 7.98. The Hall–Kier alpha value is -2.25. The molecule has 4 rings (SSSR count). The third-order valence-corrected chi connectivity index (χ3v) is 7.84. The Morgan fingerprint density at radius 3 is 2.44 bits per heavy atom. The van der Waals surface area contributed by atoms with Crippen molar-refractivity contribution in [2.75, 3.05) is 44.9 Å². The van der Waals surface area contributed by atoms with Crippen molar-refractivity contribution in [1.29, 1.82) is 0 Å². The topological polar surface area (TPSA) is 44.8 Å². The molecule has 1 spiro atoms. The summed E-state index contributed by atoms with van der Waals surface area (Å²) in [7, 11) is 1.65.